The van der Waals surface area contributed by atoms with E-state index < -0.39 is 21.6 Å². The number of hydrogen-bond acceptors (Lipinski definition) is 6. The highest BCUT2D eigenvalue weighted by Gasteiger charge is 2.28. The summed E-state index contributed by atoms with van der Waals surface area (Å²) in [5, 5.41) is 0. The van der Waals surface area contributed by atoms with Gasteiger partial charge in [0.05, 0.1) is 24.2 Å². The van der Waals surface area contributed by atoms with Gasteiger partial charge in [-0.05, 0) is 19.1 Å². The molecule has 0 spiro atoms. The number of benzene rings is 1. The van der Waals surface area contributed by atoms with Gasteiger partial charge in [0.25, 0.3) is 5.78 Å². The van der Waals surface area contributed by atoms with Gasteiger partial charge in [-0.3, -0.25) is 4.79 Å². The fraction of sp³-hybridized carbons (Fsp3) is 0.333. The van der Waals surface area contributed by atoms with Gasteiger partial charge >= 0.3 is 5.97 Å². The van der Waals surface area contributed by atoms with Crippen LogP contribution in [0, 0.1) is 0 Å². The van der Waals surface area contributed by atoms with Gasteiger partial charge in [0, 0.05) is 6.26 Å². The molecular weight excluding hydrogens is 272 g/mol. The van der Waals surface area contributed by atoms with E-state index >= 15 is 0 Å². The van der Waals surface area contributed by atoms with E-state index in [4.69, 9.17) is 4.74 Å². The van der Waals surface area contributed by atoms with Crippen LogP contribution in [-0.2, 0) is 19.4 Å². The molecule has 1 rings (SSSR count). The lowest BCUT2D eigenvalue weighted by Crippen LogP contribution is -2.21. The van der Waals surface area contributed by atoms with Gasteiger partial charge in [-0.2, -0.15) is 0 Å². The Labute approximate surface area is 111 Å². The topological polar surface area (TPSA) is 86.7 Å². The number of Topliss-reactive ketones (excluding diaryl/α,β-unsaturated/α-hetero) is 1. The number of rotatable bonds is 5. The zero-order chi connectivity index (χ0) is 14.6. The highest BCUT2D eigenvalue weighted by atomic mass is 32.2. The van der Waals surface area contributed by atoms with Crippen molar-refractivity contribution in [1.82, 2.24) is 0 Å². The third-order valence-electron chi connectivity index (χ3n) is 2.30. The van der Waals surface area contributed by atoms with Gasteiger partial charge < -0.3 is 9.47 Å². The second-order valence-electron chi connectivity index (χ2n) is 3.66. The first-order valence-electron chi connectivity index (χ1n) is 5.41. The SMILES string of the molecule is CCOC(=O)C(=O)c1c(OC)cccc1S(C)(=O)=O. The van der Waals surface area contributed by atoms with Crippen LogP contribution in [0.2, 0.25) is 0 Å². The van der Waals surface area contributed by atoms with Gasteiger partial charge in [-0.15, -0.1) is 0 Å². The third-order valence-corrected chi connectivity index (χ3v) is 3.43. The maximum atomic E-state index is 12.0. The van der Waals surface area contributed by atoms with Crippen molar-refractivity contribution in [2.24, 2.45) is 0 Å². The smallest absolute Gasteiger partial charge is 0.379 e. The fourth-order valence-corrected chi connectivity index (χ4v) is 2.40. The molecule has 1 aromatic rings. The van der Waals surface area contributed by atoms with Crippen LogP contribution in [-0.4, -0.2) is 40.1 Å². The number of esters is 1. The number of sulfone groups is 1. The van der Waals surface area contributed by atoms with Crippen LogP contribution in [0.5, 0.6) is 5.75 Å². The zero-order valence-corrected chi connectivity index (χ0v) is 11.6. The molecule has 0 heterocycles. The van der Waals surface area contributed by atoms with Crippen molar-refractivity contribution in [3.63, 3.8) is 0 Å². The lowest BCUT2D eigenvalue weighted by Gasteiger charge is -2.11. The molecule has 0 bridgehead atoms. The molecule has 0 aliphatic heterocycles. The maximum absolute atomic E-state index is 12.0. The number of ketones is 1. The average molecular weight is 286 g/mol. The molecule has 0 atom stereocenters. The van der Waals surface area contributed by atoms with Crippen molar-refractivity contribution in [1.29, 1.82) is 0 Å². The van der Waals surface area contributed by atoms with Crippen LogP contribution in [0.1, 0.15) is 17.3 Å². The summed E-state index contributed by atoms with van der Waals surface area (Å²) >= 11 is 0. The molecule has 1 aromatic carbocycles. The Hall–Kier alpha value is -1.89. The second kappa shape index (κ2) is 5.83. The third kappa shape index (κ3) is 3.31. The van der Waals surface area contributed by atoms with Gasteiger partial charge in [-0.25, -0.2) is 13.2 Å². The van der Waals surface area contributed by atoms with Crippen LogP contribution in [0.15, 0.2) is 23.1 Å². The van der Waals surface area contributed by atoms with Gasteiger partial charge in [0.1, 0.15) is 5.75 Å². The lowest BCUT2D eigenvalue weighted by atomic mass is 10.1. The molecule has 0 amide bonds. The Bertz CT molecular complexity index is 603. The normalized spacial score (nSPS) is 10.9. The lowest BCUT2D eigenvalue weighted by molar-refractivity contribution is -0.137. The fourth-order valence-electron chi connectivity index (χ4n) is 1.51. The first-order valence-corrected chi connectivity index (χ1v) is 7.30. The van der Waals surface area contributed by atoms with Gasteiger partial charge in [-0.1, -0.05) is 6.07 Å². The van der Waals surface area contributed by atoms with Crippen LogP contribution < -0.4 is 4.74 Å². The molecule has 6 nitrogen and oxygen atoms in total. The van der Waals surface area contributed by atoms with E-state index in [2.05, 4.69) is 4.74 Å². The largest absolute Gasteiger partial charge is 0.496 e. The number of hydrogen-bond donors (Lipinski definition) is 0. The van der Waals surface area contributed by atoms with Crippen LogP contribution in [0.3, 0.4) is 0 Å². The molecule has 7 heteroatoms. The molecule has 0 unspecified atom stereocenters. The van der Waals surface area contributed by atoms with E-state index in [9.17, 15) is 18.0 Å². The molecular formula is C12H14O6S. The molecule has 0 aromatic heterocycles. The van der Waals surface area contributed by atoms with Crippen molar-refractivity contribution in [3.05, 3.63) is 23.8 Å². The Morgan fingerprint density at radius 1 is 1.26 bits per heavy atom. The number of carbonyl (C=O) groups is 2. The standard InChI is InChI=1S/C12H14O6S/c1-4-18-12(14)11(13)10-8(17-2)6-5-7-9(10)19(3,15)16/h5-7H,4H2,1-3H3. The van der Waals surface area contributed by atoms with Crippen molar-refractivity contribution in [3.8, 4) is 5.75 Å². The van der Waals surface area contributed by atoms with Crippen molar-refractivity contribution >= 4 is 21.6 Å². The minimum Gasteiger partial charge on any atom is -0.496 e. The molecule has 0 fully saturated rings. The summed E-state index contributed by atoms with van der Waals surface area (Å²) in [6.07, 6.45) is 0.948. The molecule has 0 saturated carbocycles. The number of methoxy groups -OCH3 is 1. The van der Waals surface area contributed by atoms with E-state index in [1.165, 1.54) is 25.3 Å². The summed E-state index contributed by atoms with van der Waals surface area (Å²) < 4.78 is 32.8. The number of carbonyl (C=O) groups excluding carboxylic acids is 2. The zero-order valence-electron chi connectivity index (χ0n) is 10.8. The highest BCUT2D eigenvalue weighted by Crippen LogP contribution is 2.26. The molecule has 0 saturated heterocycles. The van der Waals surface area contributed by atoms with Gasteiger partial charge in [0.15, 0.2) is 9.84 Å². The minimum atomic E-state index is -3.67. The van der Waals surface area contributed by atoms with E-state index in [1.54, 1.807) is 6.92 Å². The van der Waals surface area contributed by atoms with E-state index in [0.29, 0.717) is 0 Å². The Morgan fingerprint density at radius 2 is 1.89 bits per heavy atom. The Balaban J connectivity index is 3.47. The second-order valence-corrected chi connectivity index (χ2v) is 5.64. The van der Waals surface area contributed by atoms with Crippen molar-refractivity contribution in [2.45, 2.75) is 11.8 Å². The molecule has 0 aliphatic carbocycles. The summed E-state index contributed by atoms with van der Waals surface area (Å²) in [5.41, 5.74) is -0.300. The van der Waals surface area contributed by atoms with E-state index in [-0.39, 0.29) is 22.8 Å². The highest BCUT2D eigenvalue weighted by molar-refractivity contribution is 7.90. The summed E-state index contributed by atoms with van der Waals surface area (Å²) in [6.45, 7) is 1.57. The van der Waals surface area contributed by atoms with Crippen LogP contribution in [0.25, 0.3) is 0 Å². The first kappa shape index (κ1) is 15.2. The number of ether oxygens (including phenoxy) is 2. The molecule has 0 N–H and O–H groups in total. The Kier molecular flexibility index (Phi) is 4.66. The van der Waals surface area contributed by atoms with Gasteiger partial charge in [0.2, 0.25) is 0 Å². The summed E-state index contributed by atoms with van der Waals surface area (Å²) in [4.78, 5) is 23.2. The van der Waals surface area contributed by atoms with E-state index in [1.807, 2.05) is 0 Å². The van der Waals surface area contributed by atoms with E-state index in [0.717, 1.165) is 6.26 Å². The maximum Gasteiger partial charge on any atom is 0.379 e. The van der Waals surface area contributed by atoms with Crippen molar-refractivity contribution < 1.29 is 27.5 Å². The molecule has 0 radical (unpaired) electrons. The monoisotopic (exact) mass is 286 g/mol. The average Bonchev–Trinajstić information content (AvgIpc) is 2.36. The van der Waals surface area contributed by atoms with Crippen molar-refractivity contribution in [2.75, 3.05) is 20.0 Å². The predicted molar refractivity (Wildman–Crippen MR) is 67.1 cm³/mol. The quantitative estimate of drug-likeness (QED) is 0.453. The summed E-state index contributed by atoms with van der Waals surface area (Å²) in [5.74, 6) is -2.14. The summed E-state index contributed by atoms with van der Waals surface area (Å²) in [7, 11) is -2.39. The first-order chi connectivity index (χ1) is 8.82. The Morgan fingerprint density at radius 3 is 2.37 bits per heavy atom. The molecule has 0 aliphatic rings. The molecule has 104 valence electrons. The van der Waals surface area contributed by atoms with Crippen LogP contribution >= 0.6 is 0 Å². The van der Waals surface area contributed by atoms with Crippen LogP contribution in [0.4, 0.5) is 0 Å². The summed E-state index contributed by atoms with van der Waals surface area (Å²) in [6, 6.07) is 4.07. The molecule has 19 heavy (non-hydrogen) atoms. The predicted octanol–water partition coefficient (Wildman–Crippen LogP) is 0.845. The minimum absolute atomic E-state index is 0.0148.